The first kappa shape index (κ1) is 14.9. The molecule has 1 aliphatic rings. The van der Waals surface area contributed by atoms with Crippen LogP contribution in [0.4, 0.5) is 0 Å². The Bertz CT molecular complexity index is 629. The number of nitrogens with one attached hydrogen (secondary N) is 1. The summed E-state index contributed by atoms with van der Waals surface area (Å²) in [5.41, 5.74) is 2.51. The van der Waals surface area contributed by atoms with Gasteiger partial charge in [-0.1, -0.05) is 39.7 Å². The molecule has 0 fully saturated rings. The highest BCUT2D eigenvalue weighted by Gasteiger charge is 2.23. The van der Waals surface area contributed by atoms with Crippen LogP contribution in [0.15, 0.2) is 46.9 Å². The molecule has 0 bridgehead atoms. The zero-order valence-electron chi connectivity index (χ0n) is 11.8. The molecule has 0 aromatic heterocycles. The van der Waals surface area contributed by atoms with Gasteiger partial charge in [0.2, 0.25) is 0 Å². The fourth-order valence-corrected chi connectivity index (χ4v) is 3.11. The second kappa shape index (κ2) is 6.39. The van der Waals surface area contributed by atoms with Gasteiger partial charge in [0.05, 0.1) is 0 Å². The van der Waals surface area contributed by atoms with Gasteiger partial charge in [0, 0.05) is 28.5 Å². The van der Waals surface area contributed by atoms with Gasteiger partial charge >= 0.3 is 0 Å². The van der Waals surface area contributed by atoms with E-state index >= 15 is 0 Å². The highest BCUT2D eigenvalue weighted by Crippen LogP contribution is 2.31. The minimum Gasteiger partial charge on any atom is -0.488 e. The monoisotopic (exact) mass is 365 g/mol. The summed E-state index contributed by atoms with van der Waals surface area (Å²) in [6.45, 7) is 2.98. The minimum absolute atomic E-state index is 0.198. The van der Waals surface area contributed by atoms with E-state index in [1.54, 1.807) is 0 Å². The number of hydrogen-bond donors (Lipinski definition) is 1. The van der Waals surface area contributed by atoms with Crippen LogP contribution in [0.2, 0.25) is 5.02 Å². The fraction of sp³-hybridized carbons (Fsp3) is 0.294. The smallest absolute Gasteiger partial charge is 0.123 e. The lowest BCUT2D eigenvalue weighted by Crippen LogP contribution is -2.31. The minimum atomic E-state index is 0.198. The van der Waals surface area contributed by atoms with Crippen molar-refractivity contribution in [3.63, 3.8) is 0 Å². The molecule has 2 nitrogen and oxygen atoms in total. The van der Waals surface area contributed by atoms with Gasteiger partial charge in [-0.15, -0.1) is 0 Å². The lowest BCUT2D eigenvalue weighted by molar-refractivity contribution is 0.222. The Labute approximate surface area is 138 Å². The topological polar surface area (TPSA) is 21.3 Å². The molecule has 0 saturated heterocycles. The molecule has 2 atom stereocenters. The Morgan fingerprint density at radius 3 is 2.81 bits per heavy atom. The molecule has 0 radical (unpaired) electrons. The SMILES string of the molecule is C[C@H](NCC1Cc2cc(Br)ccc2O1)c1ccc(Cl)cc1. The van der Waals surface area contributed by atoms with Crippen LogP contribution in [0, 0.1) is 0 Å². The van der Waals surface area contributed by atoms with Crippen LogP contribution in [-0.4, -0.2) is 12.6 Å². The van der Waals surface area contributed by atoms with E-state index in [-0.39, 0.29) is 12.1 Å². The zero-order valence-corrected chi connectivity index (χ0v) is 14.1. The Balaban J connectivity index is 1.56. The highest BCUT2D eigenvalue weighted by atomic mass is 79.9. The van der Waals surface area contributed by atoms with Crippen LogP contribution in [0.1, 0.15) is 24.1 Å². The van der Waals surface area contributed by atoms with Crippen molar-refractivity contribution in [3.05, 3.63) is 63.1 Å². The first-order chi connectivity index (χ1) is 10.1. The van der Waals surface area contributed by atoms with Gasteiger partial charge < -0.3 is 10.1 Å². The van der Waals surface area contributed by atoms with Crippen LogP contribution in [0.5, 0.6) is 5.75 Å². The van der Waals surface area contributed by atoms with Crippen molar-refractivity contribution in [1.82, 2.24) is 5.32 Å². The zero-order chi connectivity index (χ0) is 14.8. The van der Waals surface area contributed by atoms with E-state index in [9.17, 15) is 0 Å². The molecule has 2 aromatic rings. The number of ether oxygens (including phenoxy) is 1. The standard InChI is InChI=1S/C17H17BrClNO/c1-11(12-2-5-15(19)6-3-12)20-10-16-9-13-8-14(18)4-7-17(13)21-16/h2-8,11,16,20H,9-10H2,1H3/t11-,16?/m0/s1. The average Bonchev–Trinajstić information content (AvgIpc) is 2.87. The maximum absolute atomic E-state index is 5.96. The third-order valence-corrected chi connectivity index (χ3v) is 4.53. The Kier molecular flexibility index (Phi) is 4.53. The van der Waals surface area contributed by atoms with E-state index in [1.807, 2.05) is 24.3 Å². The van der Waals surface area contributed by atoms with E-state index in [4.69, 9.17) is 16.3 Å². The molecule has 0 amide bonds. The molecule has 1 unspecified atom stereocenters. The Morgan fingerprint density at radius 1 is 1.29 bits per heavy atom. The van der Waals surface area contributed by atoms with Crippen LogP contribution < -0.4 is 10.1 Å². The van der Waals surface area contributed by atoms with E-state index in [1.165, 1.54) is 11.1 Å². The van der Waals surface area contributed by atoms with Gasteiger partial charge in [-0.2, -0.15) is 0 Å². The number of rotatable bonds is 4. The van der Waals surface area contributed by atoms with Crippen molar-refractivity contribution in [2.75, 3.05) is 6.54 Å². The molecule has 1 aliphatic heterocycles. The molecule has 110 valence electrons. The predicted octanol–water partition coefficient (Wildman–Crippen LogP) is 4.76. The molecule has 0 saturated carbocycles. The number of fused-ring (bicyclic) bond motifs is 1. The molecule has 1 heterocycles. The third-order valence-electron chi connectivity index (χ3n) is 3.79. The van der Waals surface area contributed by atoms with E-state index in [0.29, 0.717) is 0 Å². The summed E-state index contributed by atoms with van der Waals surface area (Å²) < 4.78 is 7.07. The van der Waals surface area contributed by atoms with Crippen molar-refractivity contribution in [1.29, 1.82) is 0 Å². The maximum Gasteiger partial charge on any atom is 0.123 e. The quantitative estimate of drug-likeness (QED) is 0.842. The van der Waals surface area contributed by atoms with Crippen LogP contribution in [0.3, 0.4) is 0 Å². The molecule has 2 aromatic carbocycles. The van der Waals surface area contributed by atoms with Gasteiger partial charge in [-0.05, 0) is 48.4 Å². The van der Waals surface area contributed by atoms with Crippen molar-refractivity contribution < 1.29 is 4.74 Å². The number of hydrogen-bond acceptors (Lipinski definition) is 2. The molecule has 0 aliphatic carbocycles. The van der Waals surface area contributed by atoms with Crippen LogP contribution in [0.25, 0.3) is 0 Å². The second-order valence-electron chi connectivity index (χ2n) is 5.38. The number of halogens is 2. The van der Waals surface area contributed by atoms with Gasteiger partial charge in [-0.3, -0.25) is 0 Å². The Hall–Kier alpha value is -1.03. The van der Waals surface area contributed by atoms with E-state index in [0.717, 1.165) is 28.2 Å². The maximum atomic E-state index is 5.96. The molecule has 1 N–H and O–H groups in total. The second-order valence-corrected chi connectivity index (χ2v) is 6.73. The summed E-state index contributed by atoms with van der Waals surface area (Å²) in [5.74, 6) is 1.00. The normalized spacial score (nSPS) is 18.1. The summed E-state index contributed by atoms with van der Waals surface area (Å²) in [7, 11) is 0. The lowest BCUT2D eigenvalue weighted by atomic mass is 10.1. The van der Waals surface area contributed by atoms with Gasteiger partial charge in [-0.25, -0.2) is 0 Å². The molecule has 4 heteroatoms. The van der Waals surface area contributed by atoms with Crippen LogP contribution in [-0.2, 0) is 6.42 Å². The Morgan fingerprint density at radius 2 is 2.05 bits per heavy atom. The summed E-state index contributed by atoms with van der Waals surface area (Å²) in [5, 5.41) is 4.30. The van der Waals surface area contributed by atoms with E-state index < -0.39 is 0 Å². The van der Waals surface area contributed by atoms with E-state index in [2.05, 4.69) is 46.4 Å². The average molecular weight is 367 g/mol. The van der Waals surface area contributed by atoms with Gasteiger partial charge in [0.25, 0.3) is 0 Å². The first-order valence-corrected chi connectivity index (χ1v) is 8.23. The largest absolute Gasteiger partial charge is 0.488 e. The van der Waals surface area contributed by atoms with Crippen LogP contribution >= 0.6 is 27.5 Å². The van der Waals surface area contributed by atoms with Crippen molar-refractivity contribution in [2.24, 2.45) is 0 Å². The molecule has 0 spiro atoms. The number of benzene rings is 2. The van der Waals surface area contributed by atoms with Crippen molar-refractivity contribution in [3.8, 4) is 5.75 Å². The molecule has 21 heavy (non-hydrogen) atoms. The summed E-state index contributed by atoms with van der Waals surface area (Å²) in [4.78, 5) is 0. The fourth-order valence-electron chi connectivity index (χ4n) is 2.58. The summed E-state index contributed by atoms with van der Waals surface area (Å²) >= 11 is 9.42. The lowest BCUT2D eigenvalue weighted by Gasteiger charge is -2.17. The van der Waals surface area contributed by atoms with Crippen molar-refractivity contribution >= 4 is 27.5 Å². The molecule has 3 rings (SSSR count). The summed E-state index contributed by atoms with van der Waals surface area (Å²) in [6.07, 6.45) is 1.15. The van der Waals surface area contributed by atoms with Gasteiger partial charge in [0.1, 0.15) is 11.9 Å². The summed E-state index contributed by atoms with van der Waals surface area (Å²) in [6, 6.07) is 14.4. The highest BCUT2D eigenvalue weighted by molar-refractivity contribution is 9.10. The third kappa shape index (κ3) is 3.60. The predicted molar refractivity (Wildman–Crippen MR) is 90.1 cm³/mol. The van der Waals surface area contributed by atoms with Gasteiger partial charge in [0.15, 0.2) is 0 Å². The molecular formula is C17H17BrClNO. The first-order valence-electron chi connectivity index (χ1n) is 7.06. The van der Waals surface area contributed by atoms with Crippen molar-refractivity contribution in [2.45, 2.75) is 25.5 Å². The molecular weight excluding hydrogens is 350 g/mol.